The van der Waals surface area contributed by atoms with Crippen molar-refractivity contribution in [1.82, 2.24) is 0 Å². The number of para-hydroxylation sites is 1. The van der Waals surface area contributed by atoms with Gasteiger partial charge in [-0.2, -0.15) is 0 Å². The average Bonchev–Trinajstić information content (AvgIpc) is 2.27. The lowest BCUT2D eigenvalue weighted by Gasteiger charge is -2.02. The fourth-order valence-electron chi connectivity index (χ4n) is 1.03. The van der Waals surface area contributed by atoms with Crippen molar-refractivity contribution in [3.8, 4) is 0 Å². The summed E-state index contributed by atoms with van der Waals surface area (Å²) in [7, 11) is 1.19. The van der Waals surface area contributed by atoms with Gasteiger partial charge in [-0.15, -0.1) is 0 Å². The zero-order chi connectivity index (χ0) is 12.0. The summed E-state index contributed by atoms with van der Waals surface area (Å²) < 4.78 is 4.52. The van der Waals surface area contributed by atoms with Crippen LogP contribution >= 0.6 is 0 Å². The first-order chi connectivity index (χ1) is 7.63. The molecule has 5 heteroatoms. The van der Waals surface area contributed by atoms with Crippen molar-refractivity contribution in [2.24, 2.45) is 0 Å². The lowest BCUT2D eigenvalue weighted by atomic mass is 10.3. The molecule has 0 heterocycles. The second kappa shape index (κ2) is 5.55. The summed E-state index contributed by atoms with van der Waals surface area (Å²) in [5, 5.41) is 11.1. The number of rotatable bonds is 4. The number of methoxy groups -OCH3 is 1. The molecule has 1 amide bonds. The van der Waals surface area contributed by atoms with Gasteiger partial charge in [0, 0.05) is 5.69 Å². The Labute approximate surface area is 92.3 Å². The van der Waals surface area contributed by atoms with Gasteiger partial charge in [0.25, 0.3) is 5.91 Å². The summed E-state index contributed by atoms with van der Waals surface area (Å²) in [4.78, 5) is 21.9. The predicted molar refractivity (Wildman–Crippen MR) is 57.8 cm³/mol. The SMILES string of the molecule is CO/C(=C\C(=O)Nc1ccccc1)C(=O)O. The van der Waals surface area contributed by atoms with E-state index in [1.54, 1.807) is 24.3 Å². The lowest BCUT2D eigenvalue weighted by Crippen LogP contribution is -2.12. The van der Waals surface area contributed by atoms with Crippen LogP contribution in [-0.4, -0.2) is 24.1 Å². The van der Waals surface area contributed by atoms with Crippen LogP contribution in [0.15, 0.2) is 42.2 Å². The number of carboxylic acid groups (broad SMARTS) is 1. The summed E-state index contributed by atoms with van der Waals surface area (Å²) in [5.74, 6) is -2.25. The zero-order valence-corrected chi connectivity index (χ0v) is 8.64. The van der Waals surface area contributed by atoms with Crippen molar-refractivity contribution in [2.45, 2.75) is 0 Å². The maximum absolute atomic E-state index is 11.4. The standard InChI is InChI=1S/C11H11NO4/c1-16-9(11(14)15)7-10(13)12-8-5-3-2-4-6-8/h2-7H,1H3,(H,12,13)(H,14,15)/b9-7-. The molecule has 0 bridgehead atoms. The predicted octanol–water partition coefficient (Wildman–Crippen LogP) is 1.24. The van der Waals surface area contributed by atoms with Crippen molar-refractivity contribution in [3.05, 3.63) is 42.2 Å². The lowest BCUT2D eigenvalue weighted by molar-refractivity contribution is -0.136. The molecule has 5 nitrogen and oxygen atoms in total. The van der Waals surface area contributed by atoms with E-state index >= 15 is 0 Å². The van der Waals surface area contributed by atoms with Crippen LogP contribution < -0.4 is 5.32 Å². The van der Waals surface area contributed by atoms with Crippen LogP contribution in [0, 0.1) is 0 Å². The molecule has 0 aliphatic carbocycles. The van der Waals surface area contributed by atoms with Gasteiger partial charge >= 0.3 is 5.97 Å². The van der Waals surface area contributed by atoms with Gasteiger partial charge < -0.3 is 15.2 Å². The van der Waals surface area contributed by atoms with Gasteiger partial charge in [0.15, 0.2) is 0 Å². The summed E-state index contributed by atoms with van der Waals surface area (Å²) in [6.07, 6.45) is 0.884. The fraction of sp³-hybridized carbons (Fsp3) is 0.0909. The van der Waals surface area contributed by atoms with Crippen molar-refractivity contribution in [1.29, 1.82) is 0 Å². The zero-order valence-electron chi connectivity index (χ0n) is 8.64. The van der Waals surface area contributed by atoms with Crippen molar-refractivity contribution < 1.29 is 19.4 Å². The maximum atomic E-state index is 11.4. The quantitative estimate of drug-likeness (QED) is 0.592. The molecule has 0 aliphatic heterocycles. The van der Waals surface area contributed by atoms with Crippen LogP contribution in [0.25, 0.3) is 0 Å². The van der Waals surface area contributed by atoms with E-state index in [0.29, 0.717) is 5.69 Å². The van der Waals surface area contributed by atoms with Gasteiger partial charge in [-0.05, 0) is 12.1 Å². The number of carboxylic acids is 1. The van der Waals surface area contributed by atoms with Gasteiger partial charge in [-0.3, -0.25) is 4.79 Å². The third-order valence-corrected chi connectivity index (χ3v) is 1.73. The molecule has 0 unspecified atom stereocenters. The van der Waals surface area contributed by atoms with Gasteiger partial charge in [0.05, 0.1) is 13.2 Å². The minimum absolute atomic E-state index is 0.409. The van der Waals surface area contributed by atoms with Gasteiger partial charge in [0.2, 0.25) is 5.76 Å². The second-order valence-electron chi connectivity index (χ2n) is 2.87. The first kappa shape index (κ1) is 11.8. The minimum Gasteiger partial charge on any atom is -0.490 e. The highest BCUT2D eigenvalue weighted by atomic mass is 16.5. The number of amides is 1. The summed E-state index contributed by atoms with van der Waals surface area (Å²) in [6.45, 7) is 0. The van der Waals surface area contributed by atoms with E-state index in [4.69, 9.17) is 5.11 Å². The maximum Gasteiger partial charge on any atom is 0.371 e. The number of hydrogen-bond acceptors (Lipinski definition) is 3. The van der Waals surface area contributed by atoms with Crippen LogP contribution in [0.5, 0.6) is 0 Å². The largest absolute Gasteiger partial charge is 0.490 e. The number of carbonyl (C=O) groups is 2. The normalized spacial score (nSPS) is 10.7. The highest BCUT2D eigenvalue weighted by molar-refractivity contribution is 6.03. The minimum atomic E-state index is -1.29. The summed E-state index contributed by atoms with van der Waals surface area (Å²) in [6, 6.07) is 8.71. The Morgan fingerprint density at radius 2 is 1.94 bits per heavy atom. The smallest absolute Gasteiger partial charge is 0.371 e. The molecule has 0 aliphatic rings. The molecule has 2 N–H and O–H groups in total. The number of hydrogen-bond donors (Lipinski definition) is 2. The molecule has 0 saturated heterocycles. The van der Waals surface area contributed by atoms with Gasteiger partial charge in [-0.25, -0.2) is 4.79 Å². The molecule has 0 radical (unpaired) electrons. The molecule has 0 aromatic heterocycles. The van der Waals surface area contributed by atoms with Gasteiger partial charge in [0.1, 0.15) is 0 Å². The molecule has 84 valence electrons. The summed E-state index contributed by atoms with van der Waals surface area (Å²) in [5.41, 5.74) is 0.588. The number of anilines is 1. The van der Waals surface area contributed by atoms with Crippen LogP contribution in [0.4, 0.5) is 5.69 Å². The third-order valence-electron chi connectivity index (χ3n) is 1.73. The van der Waals surface area contributed by atoms with E-state index in [1.807, 2.05) is 6.07 Å². The first-order valence-electron chi connectivity index (χ1n) is 4.48. The molecule has 0 fully saturated rings. The van der Waals surface area contributed by atoms with Crippen LogP contribution in [-0.2, 0) is 14.3 Å². The molecule has 0 spiro atoms. The third kappa shape index (κ3) is 3.45. The number of ether oxygens (including phenoxy) is 1. The Kier molecular flexibility index (Phi) is 4.08. The number of nitrogens with one attached hydrogen (secondary N) is 1. The highest BCUT2D eigenvalue weighted by Crippen LogP contribution is 2.05. The highest BCUT2D eigenvalue weighted by Gasteiger charge is 2.09. The fourth-order valence-corrected chi connectivity index (χ4v) is 1.03. The van der Waals surface area contributed by atoms with Crippen LogP contribution in [0.2, 0.25) is 0 Å². The van der Waals surface area contributed by atoms with Crippen molar-refractivity contribution >= 4 is 17.6 Å². The molecule has 1 aromatic carbocycles. The average molecular weight is 221 g/mol. The Hall–Kier alpha value is -2.30. The van der Waals surface area contributed by atoms with E-state index in [-0.39, 0.29) is 0 Å². The van der Waals surface area contributed by atoms with E-state index in [2.05, 4.69) is 10.1 Å². The molecule has 0 atom stereocenters. The molecule has 1 aromatic rings. The molecule has 16 heavy (non-hydrogen) atoms. The van der Waals surface area contributed by atoms with Crippen molar-refractivity contribution in [2.75, 3.05) is 12.4 Å². The monoisotopic (exact) mass is 221 g/mol. The number of aliphatic carboxylic acids is 1. The first-order valence-corrected chi connectivity index (χ1v) is 4.48. The van der Waals surface area contributed by atoms with E-state index in [9.17, 15) is 9.59 Å². The summed E-state index contributed by atoms with van der Waals surface area (Å²) >= 11 is 0. The molecule has 1 rings (SSSR count). The van der Waals surface area contributed by atoms with E-state index in [1.165, 1.54) is 7.11 Å². The van der Waals surface area contributed by atoms with E-state index < -0.39 is 17.6 Å². The Morgan fingerprint density at radius 1 is 1.31 bits per heavy atom. The molecular formula is C11H11NO4. The topological polar surface area (TPSA) is 75.6 Å². The van der Waals surface area contributed by atoms with Crippen molar-refractivity contribution in [3.63, 3.8) is 0 Å². The Balaban J connectivity index is 2.70. The Morgan fingerprint density at radius 3 is 2.44 bits per heavy atom. The van der Waals surface area contributed by atoms with Crippen LogP contribution in [0.3, 0.4) is 0 Å². The molecular weight excluding hydrogens is 210 g/mol. The number of benzene rings is 1. The second-order valence-corrected chi connectivity index (χ2v) is 2.87. The van der Waals surface area contributed by atoms with Gasteiger partial charge in [-0.1, -0.05) is 18.2 Å². The van der Waals surface area contributed by atoms with E-state index in [0.717, 1.165) is 6.08 Å². The Bertz CT molecular complexity index is 411. The van der Waals surface area contributed by atoms with Crippen LogP contribution in [0.1, 0.15) is 0 Å². The number of carbonyl (C=O) groups excluding carboxylic acids is 1. The molecule has 0 saturated carbocycles.